The molecule has 0 spiro atoms. The first-order chi connectivity index (χ1) is 7.50. The van der Waals surface area contributed by atoms with Crippen molar-refractivity contribution >= 4 is 8.53 Å². The van der Waals surface area contributed by atoms with Crippen LogP contribution in [0, 0.1) is 11.3 Å². The van der Waals surface area contributed by atoms with Gasteiger partial charge in [-0.25, -0.2) is 4.67 Å². The predicted octanol–water partition coefficient (Wildman–Crippen LogP) is 1.86. The number of hydrogen-bond acceptors (Lipinski definition) is 5. The lowest BCUT2D eigenvalue weighted by atomic mass is 10.3. The zero-order chi connectivity index (χ0) is 13.1. The predicted molar refractivity (Wildman–Crippen MR) is 65.6 cm³/mol. The minimum absolute atomic E-state index is 0.244. The smallest absolute Gasteiger partial charge is 0.256 e. The van der Waals surface area contributed by atoms with Gasteiger partial charge in [-0.15, -0.1) is 0 Å². The summed E-state index contributed by atoms with van der Waals surface area (Å²) in [5.41, 5.74) is 0. The van der Waals surface area contributed by atoms with Crippen LogP contribution < -0.4 is 0 Å². The molecule has 0 fully saturated rings. The van der Waals surface area contributed by atoms with Crippen LogP contribution in [0.2, 0.25) is 0 Å². The molecule has 5 nitrogen and oxygen atoms in total. The molecule has 1 atom stereocenters. The van der Waals surface area contributed by atoms with Gasteiger partial charge >= 0.3 is 0 Å². The van der Waals surface area contributed by atoms with E-state index in [0.717, 1.165) is 7.11 Å². The third-order valence-electron chi connectivity index (χ3n) is 1.68. The zero-order valence-corrected chi connectivity index (χ0v) is 11.6. The fourth-order valence-electron chi connectivity index (χ4n) is 1.23. The molecule has 0 aromatic rings. The van der Waals surface area contributed by atoms with Gasteiger partial charge in [0.1, 0.15) is 0 Å². The number of nitrogens with zero attached hydrogens (tertiary/aromatic N) is 2. The molecule has 0 aliphatic heterocycles. The van der Waals surface area contributed by atoms with Gasteiger partial charge in [-0.2, -0.15) is 5.26 Å². The average Bonchev–Trinajstić information content (AvgIpc) is 2.20. The van der Waals surface area contributed by atoms with E-state index in [-0.39, 0.29) is 12.1 Å². The molecule has 6 heteroatoms. The Kier molecular flexibility index (Phi) is 12.8. The third kappa shape index (κ3) is 7.98. The summed E-state index contributed by atoms with van der Waals surface area (Å²) in [6.45, 7) is 8.35. The lowest BCUT2D eigenvalue weighted by Gasteiger charge is -2.32. The molecule has 0 amide bonds. The molecule has 16 heavy (non-hydrogen) atoms. The molecule has 1 unspecified atom stereocenters. The van der Waals surface area contributed by atoms with E-state index in [2.05, 4.69) is 0 Å². The lowest BCUT2D eigenvalue weighted by Crippen LogP contribution is -2.32. The van der Waals surface area contributed by atoms with Gasteiger partial charge in [0, 0.05) is 19.2 Å². The molecule has 96 valence electrons. The number of aliphatic hydroxyl groups is 1. The Morgan fingerprint density at radius 3 is 2.00 bits per heavy atom. The zero-order valence-electron chi connectivity index (χ0n) is 10.7. The summed E-state index contributed by atoms with van der Waals surface area (Å²) in [6, 6.07) is 2.46. The summed E-state index contributed by atoms with van der Waals surface area (Å²) in [4.78, 5) is 9.74. The van der Waals surface area contributed by atoms with Crippen molar-refractivity contribution in [2.75, 3.05) is 13.7 Å². The Morgan fingerprint density at radius 1 is 1.25 bits per heavy atom. The van der Waals surface area contributed by atoms with Crippen LogP contribution in [-0.2, 0) is 4.52 Å². The van der Waals surface area contributed by atoms with E-state index >= 15 is 0 Å². The quantitative estimate of drug-likeness (QED) is 0.556. The van der Waals surface area contributed by atoms with Gasteiger partial charge in [-0.1, -0.05) is 0 Å². The number of nitriles is 1. The van der Waals surface area contributed by atoms with Gasteiger partial charge < -0.3 is 14.5 Å². The molecular formula is C10H23N2O3P. The Labute approximate surface area is 99.6 Å². The highest BCUT2D eigenvalue weighted by Crippen LogP contribution is 2.40. The number of rotatable bonds is 6. The topological polar surface area (TPSA) is 76.7 Å². The molecule has 0 bridgehead atoms. The van der Waals surface area contributed by atoms with Crippen LogP contribution >= 0.6 is 8.53 Å². The highest BCUT2D eigenvalue weighted by molar-refractivity contribution is 7.43. The molecular weight excluding hydrogens is 227 g/mol. The average molecular weight is 250 g/mol. The van der Waals surface area contributed by atoms with Crippen molar-refractivity contribution in [2.45, 2.75) is 46.2 Å². The van der Waals surface area contributed by atoms with Crippen molar-refractivity contribution in [2.24, 2.45) is 0 Å². The standard InChI is InChI=1S/C9H19N2O2P.CH4O/c1-8(2)11(9(3)4)14(12)13-7-5-6-10;1-2/h8-9,12H,5,7H2,1-4H3;2H,1H3. The van der Waals surface area contributed by atoms with E-state index in [1.807, 2.05) is 38.4 Å². The Hall–Kier alpha value is -0.240. The summed E-state index contributed by atoms with van der Waals surface area (Å²) >= 11 is 0. The first-order valence-corrected chi connectivity index (χ1v) is 6.39. The second-order valence-electron chi connectivity index (χ2n) is 3.56. The van der Waals surface area contributed by atoms with Crippen molar-refractivity contribution in [3.05, 3.63) is 0 Å². The van der Waals surface area contributed by atoms with E-state index in [1.165, 1.54) is 0 Å². The summed E-state index contributed by atoms with van der Waals surface area (Å²) < 4.78 is 7.10. The van der Waals surface area contributed by atoms with E-state index in [0.29, 0.717) is 13.0 Å². The summed E-state index contributed by atoms with van der Waals surface area (Å²) in [5, 5.41) is 15.3. The van der Waals surface area contributed by atoms with Crippen molar-refractivity contribution in [1.82, 2.24) is 4.67 Å². The summed E-state index contributed by atoms with van der Waals surface area (Å²) in [5.74, 6) is 0. The van der Waals surface area contributed by atoms with E-state index in [9.17, 15) is 4.89 Å². The Balaban J connectivity index is 0. The van der Waals surface area contributed by atoms with Gasteiger partial charge in [0.2, 0.25) is 0 Å². The van der Waals surface area contributed by atoms with Crippen molar-refractivity contribution in [3.63, 3.8) is 0 Å². The molecule has 2 N–H and O–H groups in total. The third-order valence-corrected chi connectivity index (χ3v) is 3.41. The molecule has 0 radical (unpaired) electrons. The first-order valence-electron chi connectivity index (χ1n) is 5.22. The highest BCUT2D eigenvalue weighted by atomic mass is 31.2. The van der Waals surface area contributed by atoms with Gasteiger partial charge in [-0.3, -0.25) is 0 Å². The highest BCUT2D eigenvalue weighted by Gasteiger charge is 2.23. The van der Waals surface area contributed by atoms with Gasteiger partial charge in [-0.05, 0) is 27.7 Å². The largest absolute Gasteiger partial charge is 0.400 e. The normalized spacial score (nSPS) is 12.3. The fraction of sp³-hybridized carbons (Fsp3) is 0.900. The molecule has 0 aliphatic carbocycles. The molecule has 0 saturated carbocycles. The number of hydrogen-bond donors (Lipinski definition) is 2. The van der Waals surface area contributed by atoms with Crippen molar-refractivity contribution in [3.8, 4) is 6.07 Å². The second-order valence-corrected chi connectivity index (χ2v) is 4.79. The minimum atomic E-state index is -1.55. The van der Waals surface area contributed by atoms with Gasteiger partial charge in [0.15, 0.2) is 0 Å². The molecule has 0 saturated heterocycles. The summed E-state index contributed by atoms with van der Waals surface area (Å²) in [7, 11) is -0.552. The molecule has 0 heterocycles. The first kappa shape index (κ1) is 18.1. The van der Waals surface area contributed by atoms with Crippen molar-refractivity contribution < 1.29 is 14.5 Å². The monoisotopic (exact) mass is 250 g/mol. The summed E-state index contributed by atoms with van der Waals surface area (Å²) in [6.07, 6.45) is 0.323. The Morgan fingerprint density at radius 2 is 1.69 bits per heavy atom. The molecule has 0 aromatic heterocycles. The minimum Gasteiger partial charge on any atom is -0.400 e. The van der Waals surface area contributed by atoms with Gasteiger partial charge in [0.05, 0.1) is 19.1 Å². The SMILES string of the molecule is CC(C)N(C(C)C)P(O)OCCC#N.CO. The van der Waals surface area contributed by atoms with Crippen LogP contribution in [0.4, 0.5) is 0 Å². The van der Waals surface area contributed by atoms with Crippen LogP contribution in [0.5, 0.6) is 0 Å². The van der Waals surface area contributed by atoms with Crippen LogP contribution in [0.3, 0.4) is 0 Å². The molecule has 0 aromatic carbocycles. The molecule has 0 rings (SSSR count). The van der Waals surface area contributed by atoms with Crippen LogP contribution in [0.15, 0.2) is 0 Å². The van der Waals surface area contributed by atoms with E-state index in [1.54, 1.807) is 0 Å². The van der Waals surface area contributed by atoms with Gasteiger partial charge in [0.25, 0.3) is 8.53 Å². The van der Waals surface area contributed by atoms with E-state index in [4.69, 9.17) is 14.9 Å². The number of aliphatic hydroxyl groups excluding tert-OH is 1. The van der Waals surface area contributed by atoms with Crippen LogP contribution in [0.1, 0.15) is 34.1 Å². The van der Waals surface area contributed by atoms with E-state index < -0.39 is 8.53 Å². The van der Waals surface area contributed by atoms with Crippen molar-refractivity contribution in [1.29, 1.82) is 5.26 Å². The maximum atomic E-state index is 9.74. The fourth-order valence-corrected chi connectivity index (χ4v) is 2.41. The Bertz CT molecular complexity index is 187. The lowest BCUT2D eigenvalue weighted by molar-refractivity contribution is 0.215. The van der Waals surface area contributed by atoms with Crippen LogP contribution in [0.25, 0.3) is 0 Å². The molecule has 0 aliphatic rings. The van der Waals surface area contributed by atoms with Crippen LogP contribution in [-0.4, -0.2) is 40.5 Å². The maximum Gasteiger partial charge on any atom is 0.256 e. The second kappa shape index (κ2) is 11.3. The maximum absolute atomic E-state index is 9.74.